The van der Waals surface area contributed by atoms with Gasteiger partial charge >= 0.3 is 5.97 Å². The predicted octanol–water partition coefficient (Wildman–Crippen LogP) is 4.33. The molecule has 0 spiro atoms. The summed E-state index contributed by atoms with van der Waals surface area (Å²) in [7, 11) is 1.63. The van der Waals surface area contributed by atoms with Crippen molar-refractivity contribution in [1.82, 2.24) is 0 Å². The smallest absolute Gasteiger partial charge is 0.335 e. The van der Waals surface area contributed by atoms with E-state index in [9.17, 15) is 4.79 Å². The summed E-state index contributed by atoms with van der Waals surface area (Å²) in [6.45, 7) is 2.04. The molecule has 0 fully saturated rings. The lowest BCUT2D eigenvalue weighted by Crippen LogP contribution is -2.07. The molecule has 0 heterocycles. The van der Waals surface area contributed by atoms with Crippen LogP contribution in [0.15, 0.2) is 46.9 Å². The number of carboxylic acids is 1. The molecule has 0 radical (unpaired) electrons. The summed E-state index contributed by atoms with van der Waals surface area (Å²) >= 11 is 3.47. The van der Waals surface area contributed by atoms with E-state index in [0.29, 0.717) is 0 Å². The third-order valence-corrected chi connectivity index (χ3v) is 3.81. The lowest BCUT2D eigenvalue weighted by Gasteiger charge is -2.17. The van der Waals surface area contributed by atoms with Crippen molar-refractivity contribution in [2.45, 2.75) is 13.0 Å². The Balaban J connectivity index is 2.12. The Bertz CT molecular complexity index is 640. The molecule has 2 rings (SSSR count). The highest BCUT2D eigenvalue weighted by Crippen LogP contribution is 2.29. The number of carbonyl (C=O) groups is 1. The van der Waals surface area contributed by atoms with E-state index in [4.69, 9.17) is 9.84 Å². The molecule has 2 aromatic carbocycles. The minimum Gasteiger partial charge on any atom is -0.496 e. The molecule has 2 aromatic rings. The fraction of sp³-hybridized carbons (Fsp3) is 0.188. The van der Waals surface area contributed by atoms with Crippen molar-refractivity contribution >= 4 is 27.6 Å². The Morgan fingerprint density at radius 1 is 1.24 bits per heavy atom. The Morgan fingerprint density at radius 3 is 2.43 bits per heavy atom. The number of anilines is 1. The summed E-state index contributed by atoms with van der Waals surface area (Å²) in [5.41, 5.74) is 2.25. The second kappa shape index (κ2) is 6.63. The first-order valence-corrected chi connectivity index (χ1v) is 7.24. The number of benzene rings is 2. The largest absolute Gasteiger partial charge is 0.496 e. The Labute approximate surface area is 131 Å². The van der Waals surface area contributed by atoms with E-state index in [2.05, 4.69) is 21.2 Å². The molecule has 0 aliphatic heterocycles. The van der Waals surface area contributed by atoms with E-state index in [0.717, 1.165) is 21.5 Å². The van der Waals surface area contributed by atoms with Crippen LogP contribution in [0, 0.1) is 0 Å². The maximum Gasteiger partial charge on any atom is 0.335 e. The van der Waals surface area contributed by atoms with Crippen LogP contribution in [-0.2, 0) is 0 Å². The Hall–Kier alpha value is -2.01. The molecular formula is C16H16BrNO3. The van der Waals surface area contributed by atoms with Crippen LogP contribution in [-0.4, -0.2) is 18.2 Å². The highest BCUT2D eigenvalue weighted by molar-refractivity contribution is 9.10. The lowest BCUT2D eigenvalue weighted by molar-refractivity contribution is 0.0697. The number of rotatable bonds is 5. The molecule has 0 aliphatic carbocycles. The van der Waals surface area contributed by atoms with Gasteiger partial charge in [-0.15, -0.1) is 0 Å². The molecular weight excluding hydrogens is 334 g/mol. The van der Waals surface area contributed by atoms with Gasteiger partial charge in [0, 0.05) is 11.7 Å². The molecule has 21 heavy (non-hydrogen) atoms. The zero-order valence-electron chi connectivity index (χ0n) is 11.8. The van der Waals surface area contributed by atoms with Gasteiger partial charge in [0.05, 0.1) is 17.1 Å². The highest BCUT2D eigenvalue weighted by atomic mass is 79.9. The normalized spacial score (nSPS) is 11.8. The van der Waals surface area contributed by atoms with Crippen molar-refractivity contribution in [3.63, 3.8) is 0 Å². The van der Waals surface area contributed by atoms with Crippen LogP contribution in [0.5, 0.6) is 5.75 Å². The molecule has 110 valence electrons. The van der Waals surface area contributed by atoms with Crippen LogP contribution >= 0.6 is 15.9 Å². The van der Waals surface area contributed by atoms with Crippen molar-refractivity contribution in [3.8, 4) is 5.75 Å². The summed E-state index contributed by atoms with van der Waals surface area (Å²) in [5, 5.41) is 12.2. The standard InChI is InChI=1S/C16H16BrNO3/c1-10(12-5-8-15(21-2)14(17)9-12)18-13-6-3-11(4-7-13)16(19)20/h3-10,18H,1-2H3,(H,19,20). The fourth-order valence-corrected chi connectivity index (χ4v) is 2.55. The van der Waals surface area contributed by atoms with E-state index in [1.165, 1.54) is 0 Å². The number of carboxylic acid groups (broad SMARTS) is 1. The quantitative estimate of drug-likeness (QED) is 0.843. The number of ether oxygens (including phenoxy) is 1. The fourth-order valence-electron chi connectivity index (χ4n) is 1.99. The van der Waals surface area contributed by atoms with Gasteiger partial charge in [-0.1, -0.05) is 6.07 Å². The topological polar surface area (TPSA) is 58.6 Å². The van der Waals surface area contributed by atoms with Gasteiger partial charge in [-0.05, 0) is 64.8 Å². The molecule has 0 bridgehead atoms. The number of nitrogens with one attached hydrogen (secondary N) is 1. The zero-order chi connectivity index (χ0) is 15.4. The SMILES string of the molecule is COc1ccc(C(C)Nc2ccc(C(=O)O)cc2)cc1Br. The molecule has 0 aliphatic rings. The molecule has 1 atom stereocenters. The van der Waals surface area contributed by atoms with Gasteiger partial charge in [0.25, 0.3) is 0 Å². The van der Waals surface area contributed by atoms with Crippen LogP contribution in [0.25, 0.3) is 0 Å². The highest BCUT2D eigenvalue weighted by Gasteiger charge is 2.09. The number of aromatic carboxylic acids is 1. The number of methoxy groups -OCH3 is 1. The van der Waals surface area contributed by atoms with Crippen LogP contribution in [0.3, 0.4) is 0 Å². The molecule has 0 aromatic heterocycles. The second-order valence-corrected chi connectivity index (χ2v) is 5.50. The van der Waals surface area contributed by atoms with E-state index in [1.807, 2.05) is 25.1 Å². The van der Waals surface area contributed by atoms with Gasteiger partial charge in [-0.2, -0.15) is 0 Å². The molecule has 2 N–H and O–H groups in total. The molecule has 1 unspecified atom stereocenters. The van der Waals surface area contributed by atoms with E-state index in [1.54, 1.807) is 31.4 Å². The predicted molar refractivity (Wildman–Crippen MR) is 86.1 cm³/mol. The van der Waals surface area contributed by atoms with E-state index in [-0.39, 0.29) is 11.6 Å². The third kappa shape index (κ3) is 3.76. The number of halogens is 1. The molecule has 4 nitrogen and oxygen atoms in total. The number of hydrogen-bond donors (Lipinski definition) is 2. The van der Waals surface area contributed by atoms with Crippen molar-refractivity contribution in [3.05, 3.63) is 58.1 Å². The molecule has 0 amide bonds. The summed E-state index contributed by atoms with van der Waals surface area (Å²) in [4.78, 5) is 10.8. The summed E-state index contributed by atoms with van der Waals surface area (Å²) in [6.07, 6.45) is 0. The molecule has 0 saturated carbocycles. The average Bonchev–Trinajstić information content (AvgIpc) is 2.47. The average molecular weight is 350 g/mol. The maximum absolute atomic E-state index is 10.8. The van der Waals surface area contributed by atoms with Crippen molar-refractivity contribution in [2.75, 3.05) is 12.4 Å². The first kappa shape index (κ1) is 15.4. The monoisotopic (exact) mass is 349 g/mol. The molecule has 0 saturated heterocycles. The van der Waals surface area contributed by atoms with Gasteiger partial charge in [-0.25, -0.2) is 4.79 Å². The summed E-state index contributed by atoms with van der Waals surface area (Å²) in [6, 6.07) is 12.7. The minimum atomic E-state index is -0.923. The van der Waals surface area contributed by atoms with Crippen molar-refractivity contribution in [1.29, 1.82) is 0 Å². The summed E-state index contributed by atoms with van der Waals surface area (Å²) < 4.78 is 6.11. The lowest BCUT2D eigenvalue weighted by atomic mass is 10.1. The minimum absolute atomic E-state index is 0.0860. The number of hydrogen-bond acceptors (Lipinski definition) is 3. The van der Waals surface area contributed by atoms with Gasteiger partial charge in [0.1, 0.15) is 5.75 Å². The first-order chi connectivity index (χ1) is 10.0. The van der Waals surface area contributed by atoms with Crippen LogP contribution in [0.1, 0.15) is 28.9 Å². The van der Waals surface area contributed by atoms with Crippen LogP contribution in [0.4, 0.5) is 5.69 Å². The van der Waals surface area contributed by atoms with E-state index < -0.39 is 5.97 Å². The summed E-state index contributed by atoms with van der Waals surface area (Å²) in [5.74, 6) is -0.134. The Morgan fingerprint density at radius 2 is 1.90 bits per heavy atom. The zero-order valence-corrected chi connectivity index (χ0v) is 13.3. The van der Waals surface area contributed by atoms with Gasteiger partial charge in [0.2, 0.25) is 0 Å². The Kier molecular flexibility index (Phi) is 4.85. The van der Waals surface area contributed by atoms with Crippen molar-refractivity contribution < 1.29 is 14.6 Å². The van der Waals surface area contributed by atoms with Crippen LogP contribution < -0.4 is 10.1 Å². The van der Waals surface area contributed by atoms with Gasteiger partial charge in [0.15, 0.2) is 0 Å². The second-order valence-electron chi connectivity index (χ2n) is 4.64. The first-order valence-electron chi connectivity index (χ1n) is 6.44. The van der Waals surface area contributed by atoms with Gasteiger partial charge in [-0.3, -0.25) is 0 Å². The third-order valence-electron chi connectivity index (χ3n) is 3.19. The maximum atomic E-state index is 10.8. The van der Waals surface area contributed by atoms with E-state index >= 15 is 0 Å². The van der Waals surface area contributed by atoms with Gasteiger partial charge < -0.3 is 15.2 Å². The van der Waals surface area contributed by atoms with Crippen LogP contribution in [0.2, 0.25) is 0 Å². The molecule has 5 heteroatoms. The van der Waals surface area contributed by atoms with Crippen molar-refractivity contribution in [2.24, 2.45) is 0 Å².